The van der Waals surface area contributed by atoms with E-state index in [4.69, 9.17) is 0 Å². The fraction of sp³-hybridized carbons (Fsp3) is 1.00. The van der Waals surface area contributed by atoms with Gasteiger partial charge in [0.1, 0.15) is 0 Å². The summed E-state index contributed by atoms with van der Waals surface area (Å²) in [4.78, 5) is 2.59. The van der Waals surface area contributed by atoms with E-state index in [9.17, 15) is 0 Å². The Morgan fingerprint density at radius 1 is 1.23 bits per heavy atom. The molecule has 1 unspecified atom stereocenters. The van der Waals surface area contributed by atoms with E-state index < -0.39 is 0 Å². The predicted molar refractivity (Wildman–Crippen MR) is 58.9 cm³/mol. The highest BCUT2D eigenvalue weighted by atomic mass is 15.1. The van der Waals surface area contributed by atoms with E-state index in [0.717, 1.165) is 5.92 Å². The molecule has 1 heterocycles. The molecule has 0 aromatic rings. The molecule has 0 aliphatic carbocycles. The monoisotopic (exact) mass is 183 g/mol. The third kappa shape index (κ3) is 2.25. The molecule has 0 N–H and O–H groups in total. The first-order valence-electron chi connectivity index (χ1n) is 5.88. The van der Waals surface area contributed by atoms with E-state index in [-0.39, 0.29) is 0 Å². The Balaban J connectivity index is 2.53. The zero-order valence-electron chi connectivity index (χ0n) is 9.77. The van der Waals surface area contributed by atoms with Gasteiger partial charge >= 0.3 is 0 Å². The average Bonchev–Trinajstić information content (AvgIpc) is 2.65. The molecule has 0 spiro atoms. The SMILES string of the molecule is CCN1CCC(C(C)(CC)CC)C1. The van der Waals surface area contributed by atoms with Crippen LogP contribution in [0, 0.1) is 11.3 Å². The van der Waals surface area contributed by atoms with E-state index >= 15 is 0 Å². The van der Waals surface area contributed by atoms with Crippen LogP contribution in [0.3, 0.4) is 0 Å². The van der Waals surface area contributed by atoms with Gasteiger partial charge in [0.15, 0.2) is 0 Å². The normalized spacial score (nSPS) is 25.4. The number of rotatable bonds is 4. The van der Waals surface area contributed by atoms with Crippen LogP contribution in [0.1, 0.15) is 47.0 Å². The molecule has 0 bridgehead atoms. The molecular weight excluding hydrogens is 158 g/mol. The summed E-state index contributed by atoms with van der Waals surface area (Å²) < 4.78 is 0. The smallest absolute Gasteiger partial charge is 0.00152 e. The van der Waals surface area contributed by atoms with Crippen molar-refractivity contribution in [3.63, 3.8) is 0 Å². The van der Waals surface area contributed by atoms with Crippen molar-refractivity contribution in [2.45, 2.75) is 47.0 Å². The zero-order valence-corrected chi connectivity index (χ0v) is 9.77. The molecule has 1 rings (SSSR count). The Morgan fingerprint density at radius 2 is 1.85 bits per heavy atom. The maximum atomic E-state index is 2.59. The quantitative estimate of drug-likeness (QED) is 0.647. The first kappa shape index (κ1) is 11.0. The van der Waals surface area contributed by atoms with Crippen LogP contribution in [-0.4, -0.2) is 24.5 Å². The van der Waals surface area contributed by atoms with Crippen molar-refractivity contribution in [2.75, 3.05) is 19.6 Å². The van der Waals surface area contributed by atoms with Gasteiger partial charge in [0.25, 0.3) is 0 Å². The molecule has 1 atom stereocenters. The molecule has 1 aliphatic rings. The van der Waals surface area contributed by atoms with Crippen LogP contribution in [0.2, 0.25) is 0 Å². The molecule has 0 aromatic carbocycles. The number of hydrogen-bond acceptors (Lipinski definition) is 1. The molecule has 0 aromatic heterocycles. The van der Waals surface area contributed by atoms with Gasteiger partial charge in [-0.05, 0) is 30.8 Å². The van der Waals surface area contributed by atoms with Gasteiger partial charge in [-0.15, -0.1) is 0 Å². The van der Waals surface area contributed by atoms with Crippen molar-refractivity contribution in [3.8, 4) is 0 Å². The van der Waals surface area contributed by atoms with Crippen molar-refractivity contribution in [2.24, 2.45) is 11.3 Å². The lowest BCUT2D eigenvalue weighted by Gasteiger charge is -2.33. The molecule has 1 saturated heterocycles. The maximum Gasteiger partial charge on any atom is 0.00152 e. The molecule has 1 nitrogen and oxygen atoms in total. The first-order chi connectivity index (χ1) is 6.16. The van der Waals surface area contributed by atoms with Crippen LogP contribution in [0.5, 0.6) is 0 Å². The molecule has 0 radical (unpaired) electrons. The van der Waals surface area contributed by atoms with E-state index in [1.54, 1.807) is 0 Å². The number of nitrogens with zero attached hydrogens (tertiary/aromatic N) is 1. The Hall–Kier alpha value is -0.0400. The predicted octanol–water partition coefficient (Wildman–Crippen LogP) is 3.15. The van der Waals surface area contributed by atoms with Gasteiger partial charge in [0.2, 0.25) is 0 Å². The van der Waals surface area contributed by atoms with Crippen molar-refractivity contribution >= 4 is 0 Å². The topological polar surface area (TPSA) is 3.24 Å². The highest BCUT2D eigenvalue weighted by Gasteiger charge is 2.35. The Morgan fingerprint density at radius 3 is 2.23 bits per heavy atom. The minimum atomic E-state index is 0.601. The van der Waals surface area contributed by atoms with E-state index in [2.05, 4.69) is 32.6 Å². The number of likely N-dealkylation sites (tertiary alicyclic amines) is 1. The molecule has 1 aliphatic heterocycles. The second-order valence-electron chi connectivity index (χ2n) is 4.74. The minimum absolute atomic E-state index is 0.601. The Bertz CT molecular complexity index is 149. The summed E-state index contributed by atoms with van der Waals surface area (Å²) in [6.45, 7) is 13.3. The van der Waals surface area contributed by atoms with Crippen LogP contribution in [-0.2, 0) is 0 Å². The van der Waals surface area contributed by atoms with Gasteiger partial charge in [-0.1, -0.05) is 40.5 Å². The lowest BCUT2D eigenvalue weighted by molar-refractivity contribution is 0.169. The Labute approximate surface area is 83.5 Å². The number of hydrogen-bond donors (Lipinski definition) is 0. The summed E-state index contributed by atoms with van der Waals surface area (Å²) in [5, 5.41) is 0. The van der Waals surface area contributed by atoms with Crippen molar-refractivity contribution in [1.82, 2.24) is 4.90 Å². The zero-order chi connectivity index (χ0) is 9.90. The highest BCUT2D eigenvalue weighted by molar-refractivity contribution is 4.87. The highest BCUT2D eigenvalue weighted by Crippen LogP contribution is 2.39. The van der Waals surface area contributed by atoms with Crippen molar-refractivity contribution < 1.29 is 0 Å². The molecular formula is C12H25N. The summed E-state index contributed by atoms with van der Waals surface area (Å²) in [7, 11) is 0. The lowest BCUT2D eigenvalue weighted by Crippen LogP contribution is -2.29. The second kappa shape index (κ2) is 4.45. The van der Waals surface area contributed by atoms with Gasteiger partial charge in [-0.25, -0.2) is 0 Å². The van der Waals surface area contributed by atoms with Gasteiger partial charge in [0.05, 0.1) is 0 Å². The molecule has 13 heavy (non-hydrogen) atoms. The Kier molecular flexibility index (Phi) is 3.78. The third-order valence-corrected chi connectivity index (χ3v) is 4.32. The summed E-state index contributed by atoms with van der Waals surface area (Å²) in [6.07, 6.45) is 4.10. The van der Waals surface area contributed by atoms with Gasteiger partial charge in [-0.3, -0.25) is 0 Å². The minimum Gasteiger partial charge on any atom is -0.303 e. The van der Waals surface area contributed by atoms with Crippen LogP contribution in [0.15, 0.2) is 0 Å². The van der Waals surface area contributed by atoms with Crippen LogP contribution in [0.4, 0.5) is 0 Å². The molecule has 1 heteroatoms. The average molecular weight is 183 g/mol. The first-order valence-corrected chi connectivity index (χ1v) is 5.88. The fourth-order valence-electron chi connectivity index (χ4n) is 2.52. The van der Waals surface area contributed by atoms with Crippen molar-refractivity contribution in [3.05, 3.63) is 0 Å². The lowest BCUT2D eigenvalue weighted by atomic mass is 9.72. The summed E-state index contributed by atoms with van der Waals surface area (Å²) in [6, 6.07) is 0. The van der Waals surface area contributed by atoms with Crippen LogP contribution >= 0.6 is 0 Å². The van der Waals surface area contributed by atoms with Gasteiger partial charge in [-0.2, -0.15) is 0 Å². The summed E-state index contributed by atoms with van der Waals surface area (Å²) >= 11 is 0. The summed E-state index contributed by atoms with van der Waals surface area (Å²) in [5.74, 6) is 0.947. The fourth-order valence-corrected chi connectivity index (χ4v) is 2.52. The largest absolute Gasteiger partial charge is 0.303 e. The second-order valence-corrected chi connectivity index (χ2v) is 4.74. The van der Waals surface area contributed by atoms with Crippen LogP contribution in [0.25, 0.3) is 0 Å². The third-order valence-electron chi connectivity index (χ3n) is 4.32. The molecule has 1 fully saturated rings. The maximum absolute atomic E-state index is 2.59. The van der Waals surface area contributed by atoms with Gasteiger partial charge < -0.3 is 4.90 Å². The molecule has 78 valence electrons. The molecule has 0 amide bonds. The standard InChI is InChI=1S/C12H25N/c1-5-12(4,6-2)11-8-9-13(7-3)10-11/h11H,5-10H2,1-4H3. The van der Waals surface area contributed by atoms with Gasteiger partial charge in [0, 0.05) is 6.54 Å². The molecule has 0 saturated carbocycles. The van der Waals surface area contributed by atoms with Crippen LogP contribution < -0.4 is 0 Å². The van der Waals surface area contributed by atoms with E-state index in [1.807, 2.05) is 0 Å². The van der Waals surface area contributed by atoms with Crippen molar-refractivity contribution in [1.29, 1.82) is 0 Å². The van der Waals surface area contributed by atoms with E-state index in [0.29, 0.717) is 5.41 Å². The summed E-state index contributed by atoms with van der Waals surface area (Å²) in [5.41, 5.74) is 0.601. The van der Waals surface area contributed by atoms with E-state index in [1.165, 1.54) is 38.9 Å².